The maximum atomic E-state index is 14.9. The minimum absolute atomic E-state index is 0.112. The van der Waals surface area contributed by atoms with E-state index >= 15 is 0 Å². The highest BCUT2D eigenvalue weighted by Crippen LogP contribution is 2.49. The predicted molar refractivity (Wildman–Crippen MR) is 144 cm³/mol. The Morgan fingerprint density at radius 3 is 2.24 bits per heavy atom. The number of nitrogens with zero attached hydrogens (tertiary/aromatic N) is 2. The van der Waals surface area contributed by atoms with E-state index < -0.39 is 35.4 Å². The van der Waals surface area contributed by atoms with Crippen molar-refractivity contribution in [3.8, 4) is 5.69 Å². The van der Waals surface area contributed by atoms with Crippen molar-refractivity contribution in [2.75, 3.05) is 23.7 Å². The van der Waals surface area contributed by atoms with E-state index in [9.17, 15) is 23.6 Å². The maximum Gasteiger partial charge on any atom is 0.255 e. The molecular weight excluding hydrogens is 511 g/mol. The van der Waals surface area contributed by atoms with Gasteiger partial charge in [0.05, 0.1) is 29.1 Å². The lowest BCUT2D eigenvalue weighted by Gasteiger charge is -2.20. The van der Waals surface area contributed by atoms with E-state index in [1.807, 2.05) is 13.8 Å². The Morgan fingerprint density at radius 2 is 1.63 bits per heavy atom. The third-order valence-electron chi connectivity index (χ3n) is 6.52. The van der Waals surface area contributed by atoms with Crippen LogP contribution in [0.1, 0.15) is 20.3 Å². The zero-order valence-electron chi connectivity index (χ0n) is 21.0. The molecule has 8 nitrogen and oxygen atoms in total. The molecule has 1 heterocycles. The van der Waals surface area contributed by atoms with Crippen molar-refractivity contribution in [2.45, 2.75) is 20.3 Å². The molecule has 4 rings (SSSR count). The molecule has 2 aromatic carbocycles. The largest absolute Gasteiger partial charge is 0.343 e. The van der Waals surface area contributed by atoms with Gasteiger partial charge in [-0.25, -0.2) is 4.39 Å². The second kappa shape index (κ2) is 11.6. The van der Waals surface area contributed by atoms with Gasteiger partial charge in [-0.3, -0.25) is 23.7 Å². The second-order valence-corrected chi connectivity index (χ2v) is 9.49. The van der Waals surface area contributed by atoms with Gasteiger partial charge in [0.25, 0.3) is 5.56 Å². The molecule has 10 heteroatoms. The van der Waals surface area contributed by atoms with Gasteiger partial charge in [-0.2, -0.15) is 0 Å². The summed E-state index contributed by atoms with van der Waals surface area (Å²) in [5.41, 5.74) is 0.336. The fourth-order valence-electron chi connectivity index (χ4n) is 4.55. The van der Waals surface area contributed by atoms with Crippen LogP contribution >= 0.6 is 11.6 Å². The summed E-state index contributed by atoms with van der Waals surface area (Å²) in [5, 5.41) is 5.77. The first-order chi connectivity index (χ1) is 18.2. The van der Waals surface area contributed by atoms with Gasteiger partial charge in [-0.15, -0.1) is 0 Å². The summed E-state index contributed by atoms with van der Waals surface area (Å²) in [6.45, 7) is 4.72. The summed E-state index contributed by atoms with van der Waals surface area (Å²) in [5.74, 6) is -4.87. The number of carbonyl (C=O) groups excluding carboxylic acids is 3. The average molecular weight is 539 g/mol. The number of carbonyl (C=O) groups is 3. The predicted octanol–water partition coefficient (Wildman–Crippen LogP) is 4.33. The van der Waals surface area contributed by atoms with E-state index in [2.05, 4.69) is 10.6 Å². The number of hydrogen-bond donors (Lipinski definition) is 2. The van der Waals surface area contributed by atoms with Crippen molar-refractivity contribution in [3.05, 3.63) is 88.1 Å². The number of benzene rings is 2. The summed E-state index contributed by atoms with van der Waals surface area (Å²) in [6.07, 6.45) is 2.24. The Kier molecular flexibility index (Phi) is 8.26. The Labute approximate surface area is 224 Å². The molecule has 3 amide bonds. The van der Waals surface area contributed by atoms with Crippen molar-refractivity contribution in [1.29, 1.82) is 0 Å². The molecule has 38 heavy (non-hydrogen) atoms. The average Bonchev–Trinajstić information content (AvgIpc) is 3.66. The highest BCUT2D eigenvalue weighted by atomic mass is 35.5. The number of halogens is 2. The number of amides is 3. The number of anilines is 2. The van der Waals surface area contributed by atoms with Crippen LogP contribution in [0.3, 0.4) is 0 Å². The Morgan fingerprint density at radius 1 is 0.947 bits per heavy atom. The molecule has 0 spiro atoms. The summed E-state index contributed by atoms with van der Waals surface area (Å²) in [6, 6.07) is 15.0. The van der Waals surface area contributed by atoms with E-state index in [4.69, 9.17) is 11.6 Å². The van der Waals surface area contributed by atoms with Gasteiger partial charge < -0.3 is 15.5 Å². The number of aromatic nitrogens is 1. The zero-order chi connectivity index (χ0) is 27.4. The van der Waals surface area contributed by atoms with Gasteiger partial charge in [0.1, 0.15) is 5.82 Å². The van der Waals surface area contributed by atoms with Gasteiger partial charge in [-0.1, -0.05) is 24.6 Å². The molecule has 198 valence electrons. The third kappa shape index (κ3) is 5.78. The summed E-state index contributed by atoms with van der Waals surface area (Å²) >= 11 is 5.91. The van der Waals surface area contributed by atoms with Crippen LogP contribution in [0.5, 0.6) is 0 Å². The molecule has 0 bridgehead atoms. The molecule has 0 saturated heterocycles. The first-order valence-electron chi connectivity index (χ1n) is 12.4. The molecular formula is C28H28ClFN4O4. The quantitative estimate of drug-likeness (QED) is 0.423. The number of hydrogen-bond acceptors (Lipinski definition) is 4. The molecule has 3 aromatic rings. The lowest BCUT2D eigenvalue weighted by atomic mass is 10.2. The van der Waals surface area contributed by atoms with Crippen LogP contribution in [0, 0.1) is 23.6 Å². The first kappa shape index (κ1) is 27.1. The Hall–Kier alpha value is -3.98. The second-order valence-electron chi connectivity index (χ2n) is 9.05. The third-order valence-corrected chi connectivity index (χ3v) is 6.77. The van der Waals surface area contributed by atoms with Crippen LogP contribution in [-0.4, -0.2) is 40.3 Å². The minimum atomic E-state index is -0.962. The van der Waals surface area contributed by atoms with Gasteiger partial charge in [0.2, 0.25) is 17.7 Å². The van der Waals surface area contributed by atoms with E-state index in [1.54, 1.807) is 41.3 Å². The normalized spacial score (nSPS) is 17.9. The van der Waals surface area contributed by atoms with Gasteiger partial charge in [0.15, 0.2) is 0 Å². The molecule has 1 aliphatic carbocycles. The molecule has 1 aromatic heterocycles. The van der Waals surface area contributed by atoms with E-state index in [-0.39, 0.29) is 17.2 Å². The summed E-state index contributed by atoms with van der Waals surface area (Å²) in [7, 11) is 0. The fraction of sp³-hybridized carbons (Fsp3) is 0.286. The zero-order valence-corrected chi connectivity index (χ0v) is 21.7. The van der Waals surface area contributed by atoms with Crippen molar-refractivity contribution in [1.82, 2.24) is 9.47 Å². The number of nitrogens with one attached hydrogen (secondary N) is 2. The molecule has 1 fully saturated rings. The number of rotatable bonds is 9. The molecule has 0 unspecified atom stereocenters. The molecule has 1 saturated carbocycles. The van der Waals surface area contributed by atoms with Gasteiger partial charge in [0, 0.05) is 42.1 Å². The molecule has 0 aliphatic heterocycles. The van der Waals surface area contributed by atoms with Crippen LogP contribution in [0.4, 0.5) is 15.8 Å². The van der Waals surface area contributed by atoms with Crippen molar-refractivity contribution < 1.29 is 18.8 Å². The maximum absolute atomic E-state index is 14.9. The fourth-order valence-corrected chi connectivity index (χ4v) is 4.67. The molecule has 3 atom stereocenters. The minimum Gasteiger partial charge on any atom is -0.343 e. The first-order valence-corrected chi connectivity index (χ1v) is 12.8. The molecule has 2 N–H and O–H groups in total. The lowest BCUT2D eigenvalue weighted by Crippen LogP contribution is -2.34. The van der Waals surface area contributed by atoms with Crippen molar-refractivity contribution in [3.63, 3.8) is 0 Å². The smallest absolute Gasteiger partial charge is 0.255 e. The monoisotopic (exact) mass is 538 g/mol. The SMILES string of the molecule is CCCN(CC)C(=O)[C@H]1[C@H](C(=O)Nc2ccc(Cl)cc2)[C@@H]1C(=O)Nc1ccc(-n2ccccc2=O)cc1F. The van der Waals surface area contributed by atoms with Crippen molar-refractivity contribution >= 4 is 40.7 Å². The highest BCUT2D eigenvalue weighted by Gasteiger charge is 2.63. The van der Waals surface area contributed by atoms with Crippen LogP contribution in [0.15, 0.2) is 71.7 Å². The van der Waals surface area contributed by atoms with E-state index in [1.165, 1.54) is 29.0 Å². The lowest BCUT2D eigenvalue weighted by molar-refractivity contribution is -0.134. The van der Waals surface area contributed by atoms with Crippen LogP contribution < -0.4 is 16.2 Å². The highest BCUT2D eigenvalue weighted by molar-refractivity contribution is 6.30. The van der Waals surface area contributed by atoms with Crippen LogP contribution in [0.25, 0.3) is 5.69 Å². The summed E-state index contributed by atoms with van der Waals surface area (Å²) < 4.78 is 16.2. The van der Waals surface area contributed by atoms with Crippen LogP contribution in [0.2, 0.25) is 5.02 Å². The standard InChI is InChI=1S/C28H28ClFN4O4/c1-3-14-33(4-2)28(38)25-23(26(36)31-18-10-8-17(29)9-11-18)24(25)27(37)32-21-13-12-19(16-20(21)30)34-15-6-5-7-22(34)35/h5-13,15-16,23-25H,3-4,14H2,1-2H3,(H,31,36)(H,32,37)/t23-,24+,25+/m1/s1. The van der Waals surface area contributed by atoms with Crippen molar-refractivity contribution in [2.24, 2.45) is 17.8 Å². The topological polar surface area (TPSA) is 101 Å². The van der Waals surface area contributed by atoms with E-state index in [0.717, 1.165) is 12.5 Å². The van der Waals surface area contributed by atoms with Gasteiger partial charge in [-0.05, 0) is 55.8 Å². The molecule has 1 aliphatic rings. The number of pyridine rings is 1. The van der Waals surface area contributed by atoms with Crippen LogP contribution in [-0.2, 0) is 14.4 Å². The molecule has 0 radical (unpaired) electrons. The van der Waals surface area contributed by atoms with Gasteiger partial charge >= 0.3 is 0 Å². The Balaban J connectivity index is 1.54. The van der Waals surface area contributed by atoms with E-state index in [0.29, 0.717) is 29.5 Å². The Bertz CT molecular complexity index is 1410. The summed E-state index contributed by atoms with van der Waals surface area (Å²) in [4.78, 5) is 53.3.